The van der Waals surface area contributed by atoms with Crippen molar-refractivity contribution >= 4 is 5.91 Å². The number of hydrogen-bond acceptors (Lipinski definition) is 4. The van der Waals surface area contributed by atoms with Gasteiger partial charge in [0, 0.05) is 25.6 Å². The zero-order valence-corrected chi connectivity index (χ0v) is 14.5. The number of likely N-dealkylation sites (tertiary alicyclic amines) is 1. The van der Waals surface area contributed by atoms with Gasteiger partial charge < -0.3 is 4.90 Å². The van der Waals surface area contributed by atoms with Gasteiger partial charge in [-0.3, -0.25) is 10.1 Å². The molecule has 4 rings (SSSR count). The first kappa shape index (κ1) is 16.3. The van der Waals surface area contributed by atoms with E-state index >= 15 is 0 Å². The first-order valence-electron chi connectivity index (χ1n) is 9.28. The number of carbonyl (C=O) groups excluding carboxylic acids is 1. The average molecular weight is 339 g/mol. The van der Waals surface area contributed by atoms with Crippen molar-refractivity contribution in [2.24, 2.45) is 0 Å². The van der Waals surface area contributed by atoms with Crippen molar-refractivity contribution in [3.05, 3.63) is 48.0 Å². The maximum absolute atomic E-state index is 13.2. The molecule has 1 N–H and O–H groups in total. The molecule has 0 bridgehead atoms. The largest absolute Gasteiger partial charge is 0.341 e. The highest BCUT2D eigenvalue weighted by molar-refractivity contribution is 5.83. The number of piperidine rings is 1. The van der Waals surface area contributed by atoms with Gasteiger partial charge in [-0.25, -0.2) is 9.67 Å². The molecule has 6 heteroatoms. The SMILES string of the molecule is O=C([C@H](N[C@H]1CCc2ncnn2C1)c1ccccc1)N1CCCCC1. The third-order valence-corrected chi connectivity index (χ3v) is 5.26. The quantitative estimate of drug-likeness (QED) is 0.925. The lowest BCUT2D eigenvalue weighted by Crippen LogP contribution is -2.48. The number of rotatable bonds is 4. The van der Waals surface area contributed by atoms with E-state index in [-0.39, 0.29) is 18.0 Å². The van der Waals surface area contributed by atoms with Crippen LogP contribution in [-0.2, 0) is 17.8 Å². The average Bonchev–Trinajstić information content (AvgIpc) is 3.15. The van der Waals surface area contributed by atoms with E-state index < -0.39 is 0 Å². The zero-order valence-electron chi connectivity index (χ0n) is 14.5. The number of hydrogen-bond donors (Lipinski definition) is 1. The molecule has 0 unspecified atom stereocenters. The number of amides is 1. The Bertz CT molecular complexity index is 708. The maximum Gasteiger partial charge on any atom is 0.244 e. The Balaban J connectivity index is 1.52. The van der Waals surface area contributed by atoms with Gasteiger partial charge in [0.2, 0.25) is 5.91 Å². The van der Waals surface area contributed by atoms with Gasteiger partial charge in [0.1, 0.15) is 18.2 Å². The predicted octanol–water partition coefficient (Wildman–Crippen LogP) is 1.94. The van der Waals surface area contributed by atoms with Crippen LogP contribution in [0.3, 0.4) is 0 Å². The molecule has 132 valence electrons. The molecule has 0 spiro atoms. The molecule has 25 heavy (non-hydrogen) atoms. The van der Waals surface area contributed by atoms with Gasteiger partial charge in [-0.05, 0) is 31.2 Å². The summed E-state index contributed by atoms with van der Waals surface area (Å²) < 4.78 is 1.95. The molecule has 3 heterocycles. The van der Waals surface area contributed by atoms with Crippen LogP contribution in [0.25, 0.3) is 0 Å². The van der Waals surface area contributed by atoms with Crippen molar-refractivity contribution in [1.29, 1.82) is 0 Å². The first-order valence-corrected chi connectivity index (χ1v) is 9.28. The number of carbonyl (C=O) groups is 1. The summed E-state index contributed by atoms with van der Waals surface area (Å²) in [6, 6.07) is 10.0. The van der Waals surface area contributed by atoms with Crippen molar-refractivity contribution < 1.29 is 4.79 Å². The van der Waals surface area contributed by atoms with Gasteiger partial charge in [-0.2, -0.15) is 5.10 Å². The van der Waals surface area contributed by atoms with E-state index in [1.54, 1.807) is 6.33 Å². The van der Waals surface area contributed by atoms with Crippen LogP contribution in [0, 0.1) is 0 Å². The monoisotopic (exact) mass is 339 g/mol. The Labute approximate surface area is 148 Å². The smallest absolute Gasteiger partial charge is 0.244 e. The standard InChI is InChI=1S/C19H25N5O/c25-19(23-11-5-2-6-12-23)18(15-7-3-1-4-8-15)22-16-9-10-17-20-14-21-24(17)13-16/h1,3-4,7-8,14,16,18,22H,2,5-6,9-13H2/t16-,18+/m0/s1. The summed E-state index contributed by atoms with van der Waals surface area (Å²) in [5.74, 6) is 1.24. The molecule has 1 amide bonds. The highest BCUT2D eigenvalue weighted by Crippen LogP contribution is 2.22. The second-order valence-electron chi connectivity index (χ2n) is 6.99. The molecule has 2 aliphatic rings. The van der Waals surface area contributed by atoms with E-state index in [0.29, 0.717) is 0 Å². The summed E-state index contributed by atoms with van der Waals surface area (Å²) in [4.78, 5) is 19.5. The van der Waals surface area contributed by atoms with E-state index in [9.17, 15) is 4.79 Å². The Morgan fingerprint density at radius 2 is 1.96 bits per heavy atom. The number of fused-ring (bicyclic) bond motifs is 1. The van der Waals surface area contributed by atoms with Crippen LogP contribution in [0.2, 0.25) is 0 Å². The number of nitrogens with zero attached hydrogens (tertiary/aromatic N) is 4. The van der Waals surface area contributed by atoms with Crippen LogP contribution < -0.4 is 5.32 Å². The molecule has 1 fully saturated rings. The predicted molar refractivity (Wildman–Crippen MR) is 94.9 cm³/mol. The summed E-state index contributed by atoms with van der Waals surface area (Å²) in [6.07, 6.45) is 6.95. The molecular weight excluding hydrogens is 314 g/mol. The zero-order chi connectivity index (χ0) is 17.1. The van der Waals surface area contributed by atoms with Crippen LogP contribution in [0.15, 0.2) is 36.7 Å². The molecule has 1 saturated heterocycles. The maximum atomic E-state index is 13.2. The highest BCUT2D eigenvalue weighted by Gasteiger charge is 2.30. The van der Waals surface area contributed by atoms with Crippen molar-refractivity contribution in [2.45, 2.75) is 50.7 Å². The molecule has 2 aliphatic heterocycles. The van der Waals surface area contributed by atoms with Gasteiger partial charge in [0.25, 0.3) is 0 Å². The van der Waals surface area contributed by atoms with Crippen LogP contribution in [-0.4, -0.2) is 44.7 Å². The minimum Gasteiger partial charge on any atom is -0.341 e. The van der Waals surface area contributed by atoms with Crippen LogP contribution in [0.4, 0.5) is 0 Å². The van der Waals surface area contributed by atoms with Gasteiger partial charge in [-0.15, -0.1) is 0 Å². The Kier molecular flexibility index (Phi) is 4.78. The molecule has 0 saturated carbocycles. The molecule has 0 aliphatic carbocycles. The summed E-state index contributed by atoms with van der Waals surface area (Å²) in [5.41, 5.74) is 1.04. The second kappa shape index (κ2) is 7.35. The molecule has 0 radical (unpaired) electrons. The van der Waals surface area contributed by atoms with Crippen LogP contribution in [0.5, 0.6) is 0 Å². The third-order valence-electron chi connectivity index (χ3n) is 5.26. The first-order chi connectivity index (χ1) is 12.3. The van der Waals surface area contributed by atoms with E-state index in [4.69, 9.17) is 0 Å². The molecular formula is C19H25N5O. The fourth-order valence-electron chi connectivity index (χ4n) is 3.86. The molecule has 1 aromatic heterocycles. The summed E-state index contributed by atoms with van der Waals surface area (Å²) in [5, 5.41) is 7.91. The van der Waals surface area contributed by atoms with Crippen molar-refractivity contribution in [2.75, 3.05) is 13.1 Å². The fraction of sp³-hybridized carbons (Fsp3) is 0.526. The summed E-state index contributed by atoms with van der Waals surface area (Å²) in [7, 11) is 0. The van der Waals surface area contributed by atoms with Crippen LogP contribution >= 0.6 is 0 Å². The normalized spacial score (nSPS) is 21.6. The highest BCUT2D eigenvalue weighted by atomic mass is 16.2. The van der Waals surface area contributed by atoms with Gasteiger partial charge >= 0.3 is 0 Å². The molecule has 6 nitrogen and oxygen atoms in total. The second-order valence-corrected chi connectivity index (χ2v) is 6.99. The number of nitrogens with one attached hydrogen (secondary N) is 1. The Morgan fingerprint density at radius 3 is 2.76 bits per heavy atom. The lowest BCUT2D eigenvalue weighted by atomic mass is 10.00. The van der Waals surface area contributed by atoms with Crippen molar-refractivity contribution in [1.82, 2.24) is 25.0 Å². The lowest BCUT2D eigenvalue weighted by Gasteiger charge is -2.34. The lowest BCUT2D eigenvalue weighted by molar-refractivity contribution is -0.134. The topological polar surface area (TPSA) is 63.1 Å². The molecule has 2 aromatic rings. The van der Waals surface area contributed by atoms with Crippen molar-refractivity contribution in [3.63, 3.8) is 0 Å². The van der Waals surface area contributed by atoms with Crippen LogP contribution in [0.1, 0.15) is 43.1 Å². The van der Waals surface area contributed by atoms with Gasteiger partial charge in [-0.1, -0.05) is 30.3 Å². The summed E-state index contributed by atoms with van der Waals surface area (Å²) in [6.45, 7) is 2.52. The molecule has 1 aromatic carbocycles. The Morgan fingerprint density at radius 1 is 1.16 bits per heavy atom. The number of aryl methyl sites for hydroxylation is 1. The Hall–Kier alpha value is -2.21. The fourth-order valence-corrected chi connectivity index (χ4v) is 3.86. The van der Waals surface area contributed by atoms with Gasteiger partial charge in [0.15, 0.2) is 0 Å². The van der Waals surface area contributed by atoms with E-state index in [2.05, 4.69) is 15.4 Å². The van der Waals surface area contributed by atoms with E-state index in [0.717, 1.165) is 56.7 Å². The summed E-state index contributed by atoms with van der Waals surface area (Å²) >= 11 is 0. The minimum atomic E-state index is -0.283. The molecule has 2 atom stereocenters. The van der Waals surface area contributed by atoms with E-state index in [1.807, 2.05) is 39.9 Å². The number of aromatic nitrogens is 3. The van der Waals surface area contributed by atoms with E-state index in [1.165, 1.54) is 6.42 Å². The van der Waals surface area contributed by atoms with Crippen molar-refractivity contribution in [3.8, 4) is 0 Å². The van der Waals surface area contributed by atoms with Gasteiger partial charge in [0.05, 0.1) is 6.54 Å². The number of benzene rings is 1. The minimum absolute atomic E-state index is 0.204. The third kappa shape index (κ3) is 3.58.